The van der Waals surface area contributed by atoms with E-state index in [1.807, 2.05) is 0 Å². The zero-order chi connectivity index (χ0) is 80.0. The molecule has 25 aromatic rings. The number of rotatable bonds is 10. The highest BCUT2D eigenvalue weighted by molar-refractivity contribution is 6.26. The van der Waals surface area contributed by atoms with Crippen LogP contribution in [0, 0.1) is 0 Å². The predicted octanol–water partition coefficient (Wildman–Crippen LogP) is 32.0. The van der Waals surface area contributed by atoms with Crippen molar-refractivity contribution >= 4 is 130 Å². The van der Waals surface area contributed by atoms with Gasteiger partial charge in [0.25, 0.3) is 0 Å². The van der Waals surface area contributed by atoms with Crippen LogP contribution in [0.1, 0.15) is 0 Å². The van der Waals surface area contributed by atoms with Gasteiger partial charge in [0.05, 0.1) is 44.1 Å². The lowest BCUT2D eigenvalue weighted by molar-refractivity contribution is 1.18. The van der Waals surface area contributed by atoms with E-state index >= 15 is 0 Å². The van der Waals surface area contributed by atoms with Crippen molar-refractivity contribution in [1.29, 1.82) is 0 Å². The van der Waals surface area contributed by atoms with Crippen molar-refractivity contribution < 1.29 is 0 Å². The van der Waals surface area contributed by atoms with Crippen molar-refractivity contribution in [1.82, 2.24) is 18.3 Å². The van der Waals surface area contributed by atoms with E-state index in [0.29, 0.717) is 0 Å². The van der Waals surface area contributed by atoms with Crippen LogP contribution in [0.25, 0.3) is 242 Å². The molecule has 122 heavy (non-hydrogen) atoms. The summed E-state index contributed by atoms with van der Waals surface area (Å²) in [5.74, 6) is 0. The van der Waals surface area contributed by atoms with E-state index in [0.717, 1.165) is 11.4 Å². The smallest absolute Gasteiger partial charge is 0.0541 e. The van der Waals surface area contributed by atoms with Gasteiger partial charge in [-0.2, -0.15) is 0 Å². The zero-order valence-corrected chi connectivity index (χ0v) is 66.5. The van der Waals surface area contributed by atoms with Crippen molar-refractivity contribution in [2.24, 2.45) is 0 Å². The van der Waals surface area contributed by atoms with Crippen LogP contribution < -0.4 is 0 Å². The maximum atomic E-state index is 2.41. The summed E-state index contributed by atoms with van der Waals surface area (Å²) in [7, 11) is 0. The third kappa shape index (κ3) is 10.9. The van der Waals surface area contributed by atoms with Crippen LogP contribution >= 0.6 is 0 Å². The molecule has 4 heteroatoms. The van der Waals surface area contributed by atoms with Crippen LogP contribution in [0.15, 0.2) is 449 Å². The van der Waals surface area contributed by atoms with Gasteiger partial charge in [-0.1, -0.05) is 315 Å². The van der Waals surface area contributed by atoms with Gasteiger partial charge in [-0.15, -0.1) is 0 Å². The lowest BCUT2D eigenvalue weighted by Crippen LogP contribution is -1.94. The molecule has 0 spiro atoms. The molecular formula is C118H74N4. The van der Waals surface area contributed by atoms with Gasteiger partial charge >= 0.3 is 0 Å². The van der Waals surface area contributed by atoms with Crippen molar-refractivity contribution in [2.75, 3.05) is 0 Å². The largest absolute Gasteiger partial charge is 0.309 e. The van der Waals surface area contributed by atoms with Crippen LogP contribution in [-0.4, -0.2) is 18.3 Å². The molecule has 0 bridgehead atoms. The second-order valence-corrected chi connectivity index (χ2v) is 32.5. The Morgan fingerprint density at radius 1 is 0.107 bits per heavy atom. The Morgan fingerprint density at radius 3 is 0.770 bits per heavy atom. The first kappa shape index (κ1) is 69.0. The molecule has 4 nitrogen and oxygen atoms in total. The molecule has 0 aliphatic heterocycles. The minimum Gasteiger partial charge on any atom is -0.309 e. The monoisotopic (exact) mass is 1550 g/mol. The molecule has 566 valence electrons. The average molecular weight is 1550 g/mol. The quantitative estimate of drug-likeness (QED) is 0.122. The normalized spacial score (nSPS) is 11.9. The maximum Gasteiger partial charge on any atom is 0.0541 e. The molecule has 0 atom stereocenters. The molecule has 0 N–H and O–H groups in total. The Kier molecular flexibility index (Phi) is 15.7. The lowest BCUT2D eigenvalue weighted by Gasteiger charge is -2.12. The van der Waals surface area contributed by atoms with E-state index in [1.165, 1.54) is 231 Å². The third-order valence-corrected chi connectivity index (χ3v) is 26.0. The van der Waals surface area contributed by atoms with Gasteiger partial charge in [-0.05, 0) is 266 Å². The van der Waals surface area contributed by atoms with Crippen LogP contribution in [0.4, 0.5) is 0 Å². The molecule has 0 amide bonds. The van der Waals surface area contributed by atoms with Crippen LogP contribution in [-0.2, 0) is 0 Å². The first-order valence-corrected chi connectivity index (χ1v) is 42.2. The molecule has 0 saturated heterocycles. The van der Waals surface area contributed by atoms with E-state index in [9.17, 15) is 0 Å². The van der Waals surface area contributed by atoms with Crippen LogP contribution in [0.3, 0.4) is 0 Å². The van der Waals surface area contributed by atoms with E-state index in [4.69, 9.17) is 0 Å². The van der Waals surface area contributed by atoms with Gasteiger partial charge in [-0.3, -0.25) is 0 Å². The molecule has 4 heterocycles. The predicted molar refractivity (Wildman–Crippen MR) is 517 cm³/mol. The van der Waals surface area contributed by atoms with Gasteiger partial charge in [0, 0.05) is 65.8 Å². The molecule has 1 aliphatic carbocycles. The van der Waals surface area contributed by atoms with Crippen molar-refractivity contribution in [3.63, 3.8) is 0 Å². The summed E-state index contributed by atoms with van der Waals surface area (Å²) in [5.41, 5.74) is 34.2. The Bertz CT molecular complexity index is 8530. The highest BCUT2D eigenvalue weighted by Crippen LogP contribution is 2.51. The molecule has 21 aromatic carbocycles. The van der Waals surface area contributed by atoms with E-state index in [2.05, 4.69) is 467 Å². The second-order valence-electron chi connectivity index (χ2n) is 32.5. The first-order chi connectivity index (χ1) is 60.5. The fourth-order valence-electron chi connectivity index (χ4n) is 20.4. The molecule has 0 radical (unpaired) electrons. The molecule has 0 unspecified atom stereocenters. The molecule has 0 fully saturated rings. The van der Waals surface area contributed by atoms with Gasteiger partial charge < -0.3 is 18.3 Å². The van der Waals surface area contributed by atoms with Crippen molar-refractivity contribution in [3.05, 3.63) is 449 Å². The van der Waals surface area contributed by atoms with E-state index in [1.54, 1.807) is 0 Å². The number of fused-ring (bicyclic) bond motifs is 21. The topological polar surface area (TPSA) is 19.7 Å². The minimum absolute atomic E-state index is 1.15. The lowest BCUT2D eigenvalue weighted by atomic mass is 9.92. The molecular weight excluding hydrogens is 1470 g/mol. The standard InChI is InChI=1S/C60H38N2.C58H36N2/c1-2-12-45(13-3-1)61-57-20-10-8-18-52(57)55-37-43(29-34-59(55)61)44-30-35-60-56(38-44)53-19-9-11-21-58(53)62(60)46-31-26-40(27-32-46)39-22-24-41(25-23-39)42-28-33-51-49-16-5-4-14-47(49)48-15-6-7-17-50(48)54(51)36-42;1-2-14-42(15-3-1)59-54-22-8-6-18-47(54)52-35-39(26-32-56(52)59)40-27-33-57-53(36-40)48-19-7-9-23-55(48)60(57)43-28-24-37(25-29-43)38-12-10-13-41(34-38)44-30-31-51-46-17-5-4-16-45(46)50-21-11-20-49(44)58(50)51/h1-38H;1-36H. The van der Waals surface area contributed by atoms with Gasteiger partial charge in [0.2, 0.25) is 0 Å². The second kappa shape index (κ2) is 27.8. The fourth-order valence-corrected chi connectivity index (χ4v) is 20.4. The Hall–Kier alpha value is -16.1. The summed E-state index contributed by atoms with van der Waals surface area (Å²) in [4.78, 5) is 0. The molecule has 4 aromatic heterocycles. The van der Waals surface area contributed by atoms with Crippen molar-refractivity contribution in [2.45, 2.75) is 0 Å². The van der Waals surface area contributed by atoms with E-state index < -0.39 is 0 Å². The van der Waals surface area contributed by atoms with Gasteiger partial charge in [0.15, 0.2) is 0 Å². The number of nitrogens with zero attached hydrogens (tertiary/aromatic N) is 4. The molecule has 1 aliphatic rings. The summed E-state index contributed by atoms with van der Waals surface area (Å²) in [6, 6.07) is 165. The Morgan fingerprint density at radius 2 is 0.352 bits per heavy atom. The molecule has 0 saturated carbocycles. The zero-order valence-electron chi connectivity index (χ0n) is 66.5. The van der Waals surface area contributed by atoms with Crippen LogP contribution in [0.5, 0.6) is 0 Å². The highest BCUT2D eigenvalue weighted by Gasteiger charge is 2.25. The summed E-state index contributed by atoms with van der Waals surface area (Å²) in [6.07, 6.45) is 0. The first-order valence-electron chi connectivity index (χ1n) is 42.2. The Balaban J connectivity index is 0.000000134. The van der Waals surface area contributed by atoms with Gasteiger partial charge in [0.1, 0.15) is 0 Å². The summed E-state index contributed by atoms with van der Waals surface area (Å²) in [5, 5.41) is 20.5. The summed E-state index contributed by atoms with van der Waals surface area (Å²) >= 11 is 0. The minimum atomic E-state index is 1.15. The van der Waals surface area contributed by atoms with Crippen molar-refractivity contribution in [3.8, 4) is 112 Å². The maximum absolute atomic E-state index is 2.41. The fraction of sp³-hybridized carbons (Fsp3) is 0. The average Bonchev–Trinajstić information content (AvgIpc) is 1.70. The third-order valence-electron chi connectivity index (χ3n) is 26.0. The van der Waals surface area contributed by atoms with Crippen LogP contribution in [0.2, 0.25) is 0 Å². The number of hydrogen-bond donors (Lipinski definition) is 0. The number of benzene rings is 21. The number of para-hydroxylation sites is 6. The Labute approximate surface area is 704 Å². The summed E-state index contributed by atoms with van der Waals surface area (Å²) < 4.78 is 9.57. The molecule has 26 rings (SSSR count). The SMILES string of the molecule is c1ccc(-n2c3ccccc3c3cc(-c4ccc5c(c4)c4ccccc4n5-c4ccc(-c5ccc(-c6ccc7c8ccccc8c8ccccc8c7c6)cc5)cc4)ccc32)cc1.c1ccc(-n2c3ccccc3c3cc(-c4ccc5c(c4)c4ccccc4n5-c4ccc(-c5cccc(-c6ccc7c8c(cccc68)-c6ccccc6-7)c5)cc4)ccc32)cc1. The van der Waals surface area contributed by atoms with E-state index in [-0.39, 0.29) is 0 Å². The number of hydrogen-bond acceptors (Lipinski definition) is 0. The highest BCUT2D eigenvalue weighted by atomic mass is 15.0. The summed E-state index contributed by atoms with van der Waals surface area (Å²) in [6.45, 7) is 0. The number of aromatic nitrogens is 4. The van der Waals surface area contributed by atoms with Gasteiger partial charge in [-0.25, -0.2) is 0 Å².